The van der Waals surface area contributed by atoms with E-state index in [1.165, 1.54) is 30.5 Å². The molecule has 33 heavy (non-hydrogen) atoms. The van der Waals surface area contributed by atoms with Gasteiger partial charge in [-0.25, -0.2) is 22.8 Å². The number of aromatic nitrogens is 1. The SMILES string of the molecule is O=C(COc1c(F)c(F)c(F)c(F)c1F)Oc1ccc2cc(-c3ccccn3)c(=O)oc2c1. The number of fused-ring (bicyclic) bond motifs is 1. The van der Waals surface area contributed by atoms with Gasteiger partial charge in [0, 0.05) is 17.6 Å². The normalized spacial score (nSPS) is 10.9. The second kappa shape index (κ2) is 8.69. The Hall–Kier alpha value is -4.28. The molecule has 2 heterocycles. The third-order valence-electron chi connectivity index (χ3n) is 4.38. The third-order valence-corrected chi connectivity index (χ3v) is 4.38. The second-order valence-electron chi connectivity index (χ2n) is 6.52. The summed E-state index contributed by atoms with van der Waals surface area (Å²) in [5.74, 6) is -14.2. The highest BCUT2D eigenvalue weighted by Gasteiger charge is 2.27. The first-order chi connectivity index (χ1) is 15.8. The van der Waals surface area contributed by atoms with E-state index in [0.717, 1.165) is 0 Å². The lowest BCUT2D eigenvalue weighted by molar-refractivity contribution is -0.136. The van der Waals surface area contributed by atoms with Gasteiger partial charge in [0.1, 0.15) is 11.3 Å². The van der Waals surface area contributed by atoms with Crippen LogP contribution in [0.1, 0.15) is 0 Å². The molecule has 0 unspecified atom stereocenters. The molecule has 0 saturated carbocycles. The summed E-state index contributed by atoms with van der Waals surface area (Å²) in [5.41, 5.74) is -0.0250. The number of benzene rings is 2. The van der Waals surface area contributed by atoms with Crippen LogP contribution in [0.25, 0.3) is 22.2 Å². The van der Waals surface area contributed by atoms with Gasteiger partial charge in [-0.15, -0.1) is 0 Å². The summed E-state index contributed by atoms with van der Waals surface area (Å²) in [4.78, 5) is 28.3. The van der Waals surface area contributed by atoms with Gasteiger partial charge in [-0.1, -0.05) is 6.07 Å². The lowest BCUT2D eigenvalue weighted by Crippen LogP contribution is -2.19. The van der Waals surface area contributed by atoms with Gasteiger partial charge in [0.05, 0.1) is 11.3 Å². The lowest BCUT2D eigenvalue weighted by Gasteiger charge is -2.10. The van der Waals surface area contributed by atoms with Gasteiger partial charge in [-0.3, -0.25) is 4.98 Å². The Morgan fingerprint density at radius 3 is 2.27 bits per heavy atom. The highest BCUT2D eigenvalue weighted by atomic mass is 19.2. The summed E-state index contributed by atoms with van der Waals surface area (Å²) in [6, 6.07) is 10.5. The first-order valence-electron chi connectivity index (χ1n) is 9.10. The summed E-state index contributed by atoms with van der Waals surface area (Å²) in [6.07, 6.45) is 1.51. The van der Waals surface area contributed by atoms with Crippen LogP contribution < -0.4 is 15.1 Å². The summed E-state index contributed by atoms with van der Waals surface area (Å²) in [7, 11) is 0. The van der Waals surface area contributed by atoms with Crippen molar-refractivity contribution in [2.45, 2.75) is 0 Å². The average molecular weight is 463 g/mol. The number of hydrogen-bond acceptors (Lipinski definition) is 6. The van der Waals surface area contributed by atoms with Gasteiger partial charge < -0.3 is 13.9 Å². The molecule has 0 aliphatic heterocycles. The zero-order valence-corrected chi connectivity index (χ0v) is 16.2. The van der Waals surface area contributed by atoms with E-state index in [0.29, 0.717) is 11.1 Å². The maximum absolute atomic E-state index is 13.6. The van der Waals surface area contributed by atoms with Crippen molar-refractivity contribution < 1.29 is 40.6 Å². The molecule has 0 bridgehead atoms. The van der Waals surface area contributed by atoms with E-state index >= 15 is 0 Å². The Kier molecular flexibility index (Phi) is 5.78. The topological polar surface area (TPSA) is 78.6 Å². The van der Waals surface area contributed by atoms with Crippen LogP contribution in [0.15, 0.2) is 57.9 Å². The molecule has 0 radical (unpaired) electrons. The molecule has 0 fully saturated rings. The van der Waals surface area contributed by atoms with Crippen molar-refractivity contribution in [3.63, 3.8) is 0 Å². The van der Waals surface area contributed by atoms with Crippen LogP contribution in [0.2, 0.25) is 0 Å². The molecular weight excluding hydrogens is 453 g/mol. The van der Waals surface area contributed by atoms with Crippen molar-refractivity contribution in [3.8, 4) is 22.8 Å². The Balaban J connectivity index is 1.52. The van der Waals surface area contributed by atoms with Crippen molar-refractivity contribution in [3.05, 3.63) is 88.2 Å². The summed E-state index contributed by atoms with van der Waals surface area (Å²) in [5, 5.41) is 0.479. The number of nitrogens with zero attached hydrogens (tertiary/aromatic N) is 1. The molecule has 0 amide bonds. The molecule has 0 atom stereocenters. The molecule has 0 aliphatic rings. The van der Waals surface area contributed by atoms with Crippen LogP contribution in [0, 0.1) is 29.1 Å². The molecule has 4 rings (SSSR count). The fraction of sp³-hybridized carbons (Fsp3) is 0.0455. The minimum absolute atomic E-state index is 0.0608. The van der Waals surface area contributed by atoms with Crippen LogP contribution in [-0.4, -0.2) is 17.6 Å². The Labute approximate surface area is 180 Å². The molecule has 168 valence electrons. The van der Waals surface area contributed by atoms with Crippen LogP contribution >= 0.6 is 0 Å². The molecule has 0 aliphatic carbocycles. The number of carbonyl (C=O) groups is 1. The molecule has 6 nitrogen and oxygen atoms in total. The summed E-state index contributed by atoms with van der Waals surface area (Å²) in [6.45, 7) is -1.17. The van der Waals surface area contributed by atoms with Crippen molar-refractivity contribution >= 4 is 16.9 Å². The van der Waals surface area contributed by atoms with Crippen molar-refractivity contribution in [2.75, 3.05) is 6.61 Å². The standard InChI is InChI=1S/C22H10F5NO5/c23-16-17(24)19(26)21(20(27)18(16)25)31-9-15(29)32-11-5-4-10-7-12(13-3-1-2-6-28-13)22(30)33-14(10)8-11/h1-8H,9H2. The number of halogens is 5. The Morgan fingerprint density at radius 2 is 1.61 bits per heavy atom. The average Bonchev–Trinajstić information content (AvgIpc) is 2.81. The number of carbonyl (C=O) groups excluding carboxylic acids is 1. The van der Waals surface area contributed by atoms with Crippen LogP contribution in [0.5, 0.6) is 11.5 Å². The monoisotopic (exact) mass is 463 g/mol. The highest BCUT2D eigenvalue weighted by molar-refractivity contribution is 5.83. The van der Waals surface area contributed by atoms with Gasteiger partial charge in [0.25, 0.3) is 0 Å². The van der Waals surface area contributed by atoms with Gasteiger partial charge in [0.15, 0.2) is 12.4 Å². The van der Waals surface area contributed by atoms with Gasteiger partial charge in [-0.2, -0.15) is 8.78 Å². The maximum atomic E-state index is 13.6. The summed E-state index contributed by atoms with van der Waals surface area (Å²) >= 11 is 0. The Bertz CT molecular complexity index is 1410. The predicted molar refractivity (Wildman–Crippen MR) is 103 cm³/mol. The molecule has 2 aromatic heterocycles. The molecule has 0 spiro atoms. The molecule has 0 saturated heterocycles. The van der Waals surface area contributed by atoms with E-state index in [1.807, 2.05) is 0 Å². The number of esters is 1. The highest BCUT2D eigenvalue weighted by Crippen LogP contribution is 2.29. The van der Waals surface area contributed by atoms with Gasteiger partial charge >= 0.3 is 11.6 Å². The van der Waals surface area contributed by atoms with Crippen molar-refractivity contribution in [1.82, 2.24) is 4.98 Å². The van der Waals surface area contributed by atoms with E-state index < -0.39 is 53.0 Å². The van der Waals surface area contributed by atoms with E-state index in [-0.39, 0.29) is 16.9 Å². The fourth-order valence-corrected chi connectivity index (χ4v) is 2.86. The molecule has 11 heteroatoms. The zero-order valence-electron chi connectivity index (χ0n) is 16.2. The number of rotatable bonds is 5. The van der Waals surface area contributed by atoms with Gasteiger partial charge in [0.2, 0.25) is 29.1 Å². The lowest BCUT2D eigenvalue weighted by atomic mass is 10.1. The maximum Gasteiger partial charge on any atom is 0.349 e. The minimum Gasteiger partial charge on any atom is -0.476 e. The van der Waals surface area contributed by atoms with E-state index in [1.54, 1.807) is 18.2 Å². The van der Waals surface area contributed by atoms with Crippen LogP contribution in [0.3, 0.4) is 0 Å². The molecule has 2 aromatic carbocycles. The first-order valence-corrected chi connectivity index (χ1v) is 9.10. The smallest absolute Gasteiger partial charge is 0.349 e. The Morgan fingerprint density at radius 1 is 0.909 bits per heavy atom. The number of hydrogen-bond donors (Lipinski definition) is 0. The number of ether oxygens (including phenoxy) is 2. The summed E-state index contributed by atoms with van der Waals surface area (Å²) < 4.78 is 81.2. The van der Waals surface area contributed by atoms with E-state index in [2.05, 4.69) is 9.72 Å². The van der Waals surface area contributed by atoms with Gasteiger partial charge in [-0.05, 0) is 30.3 Å². The number of pyridine rings is 1. The molecule has 4 aromatic rings. The predicted octanol–water partition coefficient (Wildman–Crippen LogP) is 4.53. The molecular formula is C22H10F5NO5. The first kappa shape index (κ1) is 21.9. The van der Waals surface area contributed by atoms with Crippen molar-refractivity contribution in [2.24, 2.45) is 0 Å². The minimum atomic E-state index is -2.36. The quantitative estimate of drug-likeness (QED) is 0.108. The van der Waals surface area contributed by atoms with E-state index in [4.69, 9.17) is 9.15 Å². The van der Waals surface area contributed by atoms with Crippen molar-refractivity contribution in [1.29, 1.82) is 0 Å². The second-order valence-corrected chi connectivity index (χ2v) is 6.52. The zero-order chi connectivity index (χ0) is 23.7. The van der Waals surface area contributed by atoms with Crippen LogP contribution in [0.4, 0.5) is 22.0 Å². The van der Waals surface area contributed by atoms with Crippen LogP contribution in [-0.2, 0) is 4.79 Å². The largest absolute Gasteiger partial charge is 0.476 e. The molecule has 0 N–H and O–H groups in total. The van der Waals surface area contributed by atoms with E-state index in [9.17, 15) is 31.5 Å². The third kappa shape index (κ3) is 4.25. The fourth-order valence-electron chi connectivity index (χ4n) is 2.86.